The Morgan fingerprint density at radius 1 is 1.39 bits per heavy atom. The van der Waals surface area contributed by atoms with Gasteiger partial charge in [0, 0.05) is 13.0 Å². The van der Waals surface area contributed by atoms with Crippen molar-refractivity contribution in [2.45, 2.75) is 32.8 Å². The van der Waals surface area contributed by atoms with Crippen molar-refractivity contribution in [2.24, 2.45) is 0 Å². The fraction of sp³-hybridized carbons (Fsp3) is 0.500. The molecular formula is C14H19FO3. The molecule has 0 amide bonds. The molecule has 1 atom stereocenters. The lowest BCUT2D eigenvalue weighted by Gasteiger charge is -2.16. The van der Waals surface area contributed by atoms with Crippen LogP contribution in [0.4, 0.5) is 4.39 Å². The van der Waals surface area contributed by atoms with Gasteiger partial charge in [0.15, 0.2) is 17.3 Å². The molecule has 0 bridgehead atoms. The molecule has 3 nitrogen and oxygen atoms in total. The molecule has 0 aromatic heterocycles. The first-order valence-corrected chi connectivity index (χ1v) is 6.11. The molecule has 0 aliphatic rings. The van der Waals surface area contributed by atoms with Crippen molar-refractivity contribution in [3.05, 3.63) is 29.6 Å². The van der Waals surface area contributed by atoms with Crippen LogP contribution in [-0.2, 0) is 9.53 Å². The Balaban J connectivity index is 2.98. The van der Waals surface area contributed by atoms with Crippen LogP contribution in [0.15, 0.2) is 18.2 Å². The monoisotopic (exact) mass is 254 g/mol. The Bertz CT molecular complexity index is 404. The van der Waals surface area contributed by atoms with Crippen LogP contribution < -0.4 is 4.74 Å². The van der Waals surface area contributed by atoms with Crippen molar-refractivity contribution in [3.8, 4) is 5.75 Å². The molecule has 1 aromatic carbocycles. The first-order chi connectivity index (χ1) is 8.63. The molecule has 0 saturated carbocycles. The quantitative estimate of drug-likeness (QED) is 0.749. The Hall–Kier alpha value is -1.42. The molecule has 0 aliphatic heterocycles. The number of carbonyl (C=O) groups excluding carboxylic acids is 1. The summed E-state index contributed by atoms with van der Waals surface area (Å²) < 4.78 is 23.9. The molecule has 0 spiro atoms. The van der Waals surface area contributed by atoms with Gasteiger partial charge in [-0.05, 0) is 31.0 Å². The zero-order valence-corrected chi connectivity index (χ0v) is 11.0. The highest BCUT2D eigenvalue weighted by Gasteiger charge is 2.21. The Kier molecular flexibility index (Phi) is 5.78. The molecule has 0 N–H and O–H groups in total. The smallest absolute Gasteiger partial charge is 0.166 e. The van der Waals surface area contributed by atoms with E-state index >= 15 is 0 Å². The van der Waals surface area contributed by atoms with E-state index in [2.05, 4.69) is 0 Å². The van der Waals surface area contributed by atoms with E-state index in [0.29, 0.717) is 18.6 Å². The lowest BCUT2D eigenvalue weighted by atomic mass is 10.0. The van der Waals surface area contributed by atoms with E-state index in [-0.39, 0.29) is 11.5 Å². The van der Waals surface area contributed by atoms with Gasteiger partial charge in [0.2, 0.25) is 0 Å². The maximum absolute atomic E-state index is 13.6. The van der Waals surface area contributed by atoms with Gasteiger partial charge in [0.25, 0.3) is 0 Å². The molecule has 4 heteroatoms. The molecule has 100 valence electrons. The van der Waals surface area contributed by atoms with Crippen molar-refractivity contribution in [3.63, 3.8) is 0 Å². The van der Waals surface area contributed by atoms with E-state index in [4.69, 9.17) is 9.47 Å². The summed E-state index contributed by atoms with van der Waals surface area (Å²) in [6.45, 7) is 4.15. The third kappa shape index (κ3) is 3.53. The van der Waals surface area contributed by atoms with Crippen molar-refractivity contribution >= 4 is 5.78 Å². The first kappa shape index (κ1) is 14.6. The number of Topliss-reactive ketones (excluding diaryl/α,β-unsaturated/α-hetero) is 1. The van der Waals surface area contributed by atoms with Crippen molar-refractivity contribution in [1.29, 1.82) is 0 Å². The number of hydrogen-bond donors (Lipinski definition) is 0. The fourth-order valence-electron chi connectivity index (χ4n) is 1.76. The SMILES string of the molecule is CCCC(=O)C(OCC)c1ccc(OC)c(F)c1. The zero-order chi connectivity index (χ0) is 13.5. The summed E-state index contributed by atoms with van der Waals surface area (Å²) in [5, 5.41) is 0. The van der Waals surface area contributed by atoms with E-state index in [1.54, 1.807) is 6.07 Å². The number of halogens is 1. The fourth-order valence-corrected chi connectivity index (χ4v) is 1.76. The third-order valence-electron chi connectivity index (χ3n) is 2.60. The molecule has 0 radical (unpaired) electrons. The van der Waals surface area contributed by atoms with E-state index in [1.165, 1.54) is 19.2 Å². The zero-order valence-electron chi connectivity index (χ0n) is 11.0. The number of benzene rings is 1. The van der Waals surface area contributed by atoms with Gasteiger partial charge in [-0.2, -0.15) is 0 Å². The number of ether oxygens (including phenoxy) is 2. The van der Waals surface area contributed by atoms with E-state index in [9.17, 15) is 9.18 Å². The number of methoxy groups -OCH3 is 1. The molecule has 1 aromatic rings. The van der Waals surface area contributed by atoms with Crippen LogP contribution in [0.3, 0.4) is 0 Å². The number of rotatable bonds is 7. The van der Waals surface area contributed by atoms with Gasteiger partial charge < -0.3 is 9.47 Å². The number of hydrogen-bond acceptors (Lipinski definition) is 3. The Morgan fingerprint density at radius 3 is 2.61 bits per heavy atom. The largest absolute Gasteiger partial charge is 0.494 e. The van der Waals surface area contributed by atoms with Crippen molar-refractivity contribution < 1.29 is 18.7 Å². The first-order valence-electron chi connectivity index (χ1n) is 6.11. The summed E-state index contributed by atoms with van der Waals surface area (Å²) in [6.07, 6.45) is 0.495. The molecule has 1 rings (SSSR count). The summed E-state index contributed by atoms with van der Waals surface area (Å²) in [7, 11) is 1.40. The van der Waals surface area contributed by atoms with Crippen LogP contribution in [0.2, 0.25) is 0 Å². The summed E-state index contributed by atoms with van der Waals surface area (Å²) in [4.78, 5) is 11.9. The summed E-state index contributed by atoms with van der Waals surface area (Å²) in [5.74, 6) is -0.343. The minimum atomic E-state index is -0.685. The maximum atomic E-state index is 13.6. The summed E-state index contributed by atoms with van der Waals surface area (Å²) in [6, 6.07) is 4.47. The molecular weight excluding hydrogens is 235 g/mol. The highest BCUT2D eigenvalue weighted by Crippen LogP contribution is 2.25. The lowest BCUT2D eigenvalue weighted by molar-refractivity contribution is -0.130. The molecule has 1 unspecified atom stereocenters. The maximum Gasteiger partial charge on any atom is 0.166 e. The van der Waals surface area contributed by atoms with Gasteiger partial charge in [0.05, 0.1) is 7.11 Å². The van der Waals surface area contributed by atoms with Crippen LogP contribution >= 0.6 is 0 Å². The highest BCUT2D eigenvalue weighted by molar-refractivity contribution is 5.84. The van der Waals surface area contributed by atoms with E-state index in [0.717, 1.165) is 6.42 Å². The van der Waals surface area contributed by atoms with Gasteiger partial charge in [0.1, 0.15) is 6.10 Å². The van der Waals surface area contributed by atoms with Crippen LogP contribution in [0.1, 0.15) is 38.4 Å². The molecule has 0 saturated heterocycles. The Labute approximate surface area is 107 Å². The average Bonchev–Trinajstić information content (AvgIpc) is 2.36. The van der Waals surface area contributed by atoms with Crippen LogP contribution in [0.5, 0.6) is 5.75 Å². The van der Waals surface area contributed by atoms with Gasteiger partial charge in [-0.25, -0.2) is 4.39 Å². The normalized spacial score (nSPS) is 12.2. The molecule has 0 heterocycles. The second-order valence-electron chi connectivity index (χ2n) is 3.95. The molecule has 18 heavy (non-hydrogen) atoms. The second kappa shape index (κ2) is 7.11. The summed E-state index contributed by atoms with van der Waals surface area (Å²) in [5.41, 5.74) is 0.536. The topological polar surface area (TPSA) is 35.5 Å². The lowest BCUT2D eigenvalue weighted by Crippen LogP contribution is -2.16. The highest BCUT2D eigenvalue weighted by atomic mass is 19.1. The predicted molar refractivity (Wildman–Crippen MR) is 67.2 cm³/mol. The van der Waals surface area contributed by atoms with Crippen LogP contribution in [0.25, 0.3) is 0 Å². The van der Waals surface area contributed by atoms with Gasteiger partial charge in [-0.1, -0.05) is 13.0 Å². The van der Waals surface area contributed by atoms with Gasteiger partial charge in [-0.15, -0.1) is 0 Å². The molecule has 0 aliphatic carbocycles. The second-order valence-corrected chi connectivity index (χ2v) is 3.95. The predicted octanol–water partition coefficient (Wildman–Crippen LogP) is 3.28. The van der Waals surface area contributed by atoms with Gasteiger partial charge >= 0.3 is 0 Å². The average molecular weight is 254 g/mol. The standard InChI is InChI=1S/C14H19FO3/c1-4-6-12(16)14(18-5-2)10-7-8-13(17-3)11(15)9-10/h7-9,14H,4-6H2,1-3H3. The molecule has 0 fully saturated rings. The van der Waals surface area contributed by atoms with E-state index in [1.807, 2.05) is 13.8 Å². The van der Waals surface area contributed by atoms with Crippen LogP contribution in [0, 0.1) is 5.82 Å². The van der Waals surface area contributed by atoms with Crippen molar-refractivity contribution in [1.82, 2.24) is 0 Å². The minimum absolute atomic E-state index is 0.0242. The Morgan fingerprint density at radius 2 is 2.11 bits per heavy atom. The van der Waals surface area contributed by atoms with Crippen LogP contribution in [-0.4, -0.2) is 19.5 Å². The minimum Gasteiger partial charge on any atom is -0.494 e. The summed E-state index contributed by atoms with van der Waals surface area (Å²) >= 11 is 0. The number of ketones is 1. The number of carbonyl (C=O) groups is 1. The van der Waals surface area contributed by atoms with Gasteiger partial charge in [-0.3, -0.25) is 4.79 Å². The van der Waals surface area contributed by atoms with E-state index < -0.39 is 11.9 Å². The van der Waals surface area contributed by atoms with Crippen molar-refractivity contribution in [2.75, 3.05) is 13.7 Å². The third-order valence-corrected chi connectivity index (χ3v) is 2.60.